The average molecular weight is 406 g/mol. The van der Waals surface area contributed by atoms with E-state index in [4.69, 9.17) is 4.74 Å². The number of nitrogens with zero attached hydrogens (tertiary/aromatic N) is 1. The SMILES string of the molecule is CN(CC(=O)Nc1ccc(F)cc1)C(=O)COC(=O)CCC(=O)c1cccs1. The van der Waals surface area contributed by atoms with Crippen LogP contribution in [-0.4, -0.2) is 48.7 Å². The molecule has 0 fully saturated rings. The Morgan fingerprint density at radius 2 is 1.82 bits per heavy atom. The predicted octanol–water partition coefficient (Wildman–Crippen LogP) is 2.49. The lowest BCUT2D eigenvalue weighted by molar-refractivity contribution is -0.151. The predicted molar refractivity (Wildman–Crippen MR) is 102 cm³/mol. The molecule has 0 aliphatic rings. The van der Waals surface area contributed by atoms with Gasteiger partial charge in [0.2, 0.25) is 5.91 Å². The van der Waals surface area contributed by atoms with Gasteiger partial charge >= 0.3 is 5.97 Å². The van der Waals surface area contributed by atoms with Crippen LogP contribution in [-0.2, 0) is 19.1 Å². The quantitative estimate of drug-likeness (QED) is 0.510. The standard InChI is InChI=1S/C19H19FN2O5S/c1-22(11-17(24)21-14-6-4-13(20)5-7-14)18(25)12-27-19(26)9-8-15(23)16-3-2-10-28-16/h2-7,10H,8-9,11-12H2,1H3,(H,21,24). The second-order valence-electron chi connectivity index (χ2n) is 5.87. The summed E-state index contributed by atoms with van der Waals surface area (Å²) in [7, 11) is 1.39. The summed E-state index contributed by atoms with van der Waals surface area (Å²) in [5, 5.41) is 4.29. The molecule has 1 heterocycles. The number of carbonyl (C=O) groups is 4. The Balaban J connectivity index is 1.68. The van der Waals surface area contributed by atoms with E-state index < -0.39 is 30.2 Å². The molecule has 148 valence electrons. The molecule has 7 nitrogen and oxygen atoms in total. The van der Waals surface area contributed by atoms with Crippen molar-refractivity contribution in [1.82, 2.24) is 4.90 Å². The Labute approximate surface area is 165 Å². The number of rotatable bonds is 9. The highest BCUT2D eigenvalue weighted by Crippen LogP contribution is 2.12. The molecule has 9 heteroatoms. The van der Waals surface area contributed by atoms with Crippen molar-refractivity contribution >= 4 is 40.6 Å². The zero-order valence-electron chi connectivity index (χ0n) is 15.1. The molecule has 0 atom stereocenters. The van der Waals surface area contributed by atoms with Crippen molar-refractivity contribution < 1.29 is 28.3 Å². The Morgan fingerprint density at radius 3 is 2.46 bits per heavy atom. The van der Waals surface area contributed by atoms with Crippen molar-refractivity contribution in [1.29, 1.82) is 0 Å². The molecule has 0 spiro atoms. The number of hydrogen-bond donors (Lipinski definition) is 1. The first kappa shape index (κ1) is 21.2. The maximum Gasteiger partial charge on any atom is 0.306 e. The first-order valence-electron chi connectivity index (χ1n) is 8.37. The van der Waals surface area contributed by atoms with Gasteiger partial charge in [-0.1, -0.05) is 6.07 Å². The molecule has 2 aromatic rings. The van der Waals surface area contributed by atoms with Gasteiger partial charge in [-0.05, 0) is 35.7 Å². The van der Waals surface area contributed by atoms with Crippen LogP contribution >= 0.6 is 11.3 Å². The van der Waals surface area contributed by atoms with Gasteiger partial charge in [0.25, 0.3) is 5.91 Å². The van der Waals surface area contributed by atoms with E-state index in [2.05, 4.69) is 5.32 Å². The molecule has 2 rings (SSSR count). The first-order chi connectivity index (χ1) is 13.3. The minimum atomic E-state index is -0.664. The van der Waals surface area contributed by atoms with E-state index in [9.17, 15) is 23.6 Å². The fourth-order valence-electron chi connectivity index (χ4n) is 2.14. The molecule has 28 heavy (non-hydrogen) atoms. The van der Waals surface area contributed by atoms with Gasteiger partial charge < -0.3 is 15.0 Å². The molecule has 2 amide bonds. The minimum absolute atomic E-state index is 0.00342. The Bertz CT molecular complexity index is 837. The summed E-state index contributed by atoms with van der Waals surface area (Å²) in [5.41, 5.74) is 0.397. The molecule has 0 saturated heterocycles. The second kappa shape index (κ2) is 10.3. The molecule has 1 N–H and O–H groups in total. The molecule has 0 bridgehead atoms. The number of likely N-dealkylation sites (N-methyl/N-ethyl adjacent to an activating group) is 1. The zero-order valence-corrected chi connectivity index (χ0v) is 16.0. The number of ketones is 1. The lowest BCUT2D eigenvalue weighted by atomic mass is 10.2. The largest absolute Gasteiger partial charge is 0.456 e. The van der Waals surface area contributed by atoms with E-state index in [-0.39, 0.29) is 25.2 Å². The van der Waals surface area contributed by atoms with Crippen LogP contribution in [0.25, 0.3) is 0 Å². The number of Topliss-reactive ketones (excluding diaryl/α,β-unsaturated/α-hetero) is 1. The third kappa shape index (κ3) is 6.92. The summed E-state index contributed by atoms with van der Waals surface area (Å²) in [4.78, 5) is 49.0. The number of esters is 1. The molecule has 0 unspecified atom stereocenters. The average Bonchev–Trinajstić information content (AvgIpc) is 3.20. The Kier molecular flexibility index (Phi) is 7.82. The van der Waals surface area contributed by atoms with Crippen LogP contribution in [0.15, 0.2) is 41.8 Å². The molecule has 1 aromatic carbocycles. The monoisotopic (exact) mass is 406 g/mol. The van der Waals surface area contributed by atoms with Crippen molar-refractivity contribution in [3.63, 3.8) is 0 Å². The highest BCUT2D eigenvalue weighted by Gasteiger charge is 2.16. The summed E-state index contributed by atoms with van der Waals surface area (Å²) < 4.78 is 17.7. The van der Waals surface area contributed by atoms with Crippen molar-refractivity contribution in [2.75, 3.05) is 25.5 Å². The number of amides is 2. The van der Waals surface area contributed by atoms with Crippen molar-refractivity contribution in [3.8, 4) is 0 Å². The number of ether oxygens (including phenoxy) is 1. The number of thiophene rings is 1. The number of nitrogens with one attached hydrogen (secondary N) is 1. The lowest BCUT2D eigenvalue weighted by Gasteiger charge is -2.16. The number of halogens is 1. The van der Waals surface area contributed by atoms with Crippen molar-refractivity contribution in [2.24, 2.45) is 0 Å². The maximum atomic E-state index is 12.8. The molecule has 0 aliphatic heterocycles. The minimum Gasteiger partial charge on any atom is -0.456 e. The number of benzene rings is 1. The Morgan fingerprint density at radius 1 is 1.11 bits per heavy atom. The van der Waals surface area contributed by atoms with Gasteiger partial charge in [-0.2, -0.15) is 0 Å². The third-order valence-corrected chi connectivity index (χ3v) is 4.55. The van der Waals surface area contributed by atoms with Gasteiger partial charge in [-0.25, -0.2) is 4.39 Å². The molecule has 0 aliphatic carbocycles. The van der Waals surface area contributed by atoms with Crippen LogP contribution in [0.3, 0.4) is 0 Å². The second-order valence-corrected chi connectivity index (χ2v) is 6.81. The van der Waals surface area contributed by atoms with E-state index in [1.807, 2.05) is 0 Å². The van der Waals surface area contributed by atoms with E-state index in [0.29, 0.717) is 10.6 Å². The summed E-state index contributed by atoms with van der Waals surface area (Å²) >= 11 is 1.29. The summed E-state index contributed by atoms with van der Waals surface area (Å²) in [5.74, 6) is -2.29. The molecule has 0 saturated carbocycles. The van der Waals surface area contributed by atoms with Crippen LogP contribution in [0.2, 0.25) is 0 Å². The van der Waals surface area contributed by atoms with Crippen LogP contribution in [0, 0.1) is 5.82 Å². The number of carbonyl (C=O) groups excluding carboxylic acids is 4. The van der Waals surface area contributed by atoms with Crippen LogP contribution in [0.1, 0.15) is 22.5 Å². The summed E-state index contributed by atoms with van der Waals surface area (Å²) in [6, 6.07) is 8.62. The summed E-state index contributed by atoms with van der Waals surface area (Å²) in [6.45, 7) is -0.781. The molecule has 0 radical (unpaired) electrons. The smallest absolute Gasteiger partial charge is 0.306 e. The van der Waals surface area contributed by atoms with Crippen molar-refractivity contribution in [2.45, 2.75) is 12.8 Å². The first-order valence-corrected chi connectivity index (χ1v) is 9.25. The van der Waals surface area contributed by atoms with Gasteiger partial charge in [-0.3, -0.25) is 19.2 Å². The topological polar surface area (TPSA) is 92.8 Å². The van der Waals surface area contributed by atoms with Gasteiger partial charge in [0.15, 0.2) is 12.4 Å². The normalized spacial score (nSPS) is 10.2. The maximum absolute atomic E-state index is 12.8. The molecular weight excluding hydrogens is 387 g/mol. The fourth-order valence-corrected chi connectivity index (χ4v) is 2.83. The van der Waals surface area contributed by atoms with E-state index >= 15 is 0 Å². The zero-order chi connectivity index (χ0) is 20.5. The molecular formula is C19H19FN2O5S. The van der Waals surface area contributed by atoms with Crippen LogP contribution < -0.4 is 5.32 Å². The Hall–Kier alpha value is -3.07. The van der Waals surface area contributed by atoms with Gasteiger partial charge in [-0.15, -0.1) is 11.3 Å². The highest BCUT2D eigenvalue weighted by molar-refractivity contribution is 7.12. The van der Waals surface area contributed by atoms with Gasteiger partial charge in [0.1, 0.15) is 5.82 Å². The fraction of sp³-hybridized carbons (Fsp3) is 0.263. The van der Waals surface area contributed by atoms with Crippen LogP contribution in [0.4, 0.5) is 10.1 Å². The third-order valence-electron chi connectivity index (χ3n) is 3.64. The van der Waals surface area contributed by atoms with E-state index in [0.717, 1.165) is 4.90 Å². The van der Waals surface area contributed by atoms with Gasteiger partial charge in [0.05, 0.1) is 17.8 Å². The molecule has 1 aromatic heterocycles. The van der Waals surface area contributed by atoms with E-state index in [1.165, 1.54) is 42.6 Å². The van der Waals surface area contributed by atoms with Crippen LogP contribution in [0.5, 0.6) is 0 Å². The van der Waals surface area contributed by atoms with Crippen molar-refractivity contribution in [3.05, 3.63) is 52.5 Å². The summed E-state index contributed by atoms with van der Waals surface area (Å²) in [6.07, 6.45) is -0.123. The van der Waals surface area contributed by atoms with E-state index in [1.54, 1.807) is 17.5 Å². The van der Waals surface area contributed by atoms with Gasteiger partial charge in [0, 0.05) is 19.2 Å². The highest BCUT2D eigenvalue weighted by atomic mass is 32.1. The lowest BCUT2D eigenvalue weighted by Crippen LogP contribution is -2.37. The number of hydrogen-bond acceptors (Lipinski definition) is 6. The number of anilines is 1.